The number of para-hydroxylation sites is 3. The summed E-state index contributed by atoms with van der Waals surface area (Å²) in [5.41, 5.74) is 26.5. The molecule has 670 valence electrons. The van der Waals surface area contributed by atoms with E-state index in [1.807, 2.05) is 17.4 Å². The predicted octanol–water partition coefficient (Wildman–Crippen LogP) is 36.0. The number of furan rings is 4. The van der Waals surface area contributed by atoms with Gasteiger partial charge in [-0.05, 0) is 215 Å². The van der Waals surface area contributed by atoms with Crippen LogP contribution >= 0.6 is 11.3 Å². The molecule has 0 radical (unpaired) electrons. The summed E-state index contributed by atoms with van der Waals surface area (Å²) in [7, 11) is 0. The third kappa shape index (κ3) is 10.2. The van der Waals surface area contributed by atoms with Gasteiger partial charge in [0.2, 0.25) is 11.9 Å². The van der Waals surface area contributed by atoms with E-state index in [9.17, 15) is 0 Å². The number of hydrogen-bond donors (Lipinski definition) is 0. The second kappa shape index (κ2) is 28.2. The summed E-state index contributed by atoms with van der Waals surface area (Å²) in [6, 6.07) is 146. The third-order valence-electron chi connectivity index (χ3n) is 31.7. The lowest BCUT2D eigenvalue weighted by Gasteiger charge is -2.15. The lowest BCUT2D eigenvalue weighted by Crippen LogP contribution is -2.03. The van der Waals surface area contributed by atoms with Gasteiger partial charge in [0.05, 0.1) is 66.7 Å². The fourth-order valence-corrected chi connectivity index (χ4v) is 26.9. The molecule has 0 aliphatic heterocycles. The van der Waals surface area contributed by atoms with Gasteiger partial charge in [-0.25, -0.2) is 29.9 Å². The van der Waals surface area contributed by atoms with Crippen molar-refractivity contribution in [3.63, 3.8) is 0 Å². The zero-order chi connectivity index (χ0) is 94.4. The van der Waals surface area contributed by atoms with Crippen molar-refractivity contribution in [3.8, 4) is 85.0 Å². The van der Waals surface area contributed by atoms with Crippen LogP contribution in [0, 0.1) is 0 Å². The first kappa shape index (κ1) is 77.3. The molecule has 146 heavy (non-hydrogen) atoms. The van der Waals surface area contributed by atoms with Gasteiger partial charge in [0.15, 0.2) is 5.82 Å². The number of rotatable bonds is 9. The van der Waals surface area contributed by atoms with Crippen LogP contribution in [0.25, 0.3) is 356 Å². The number of hydrogen-bond acceptors (Lipinski definition) is 11. The van der Waals surface area contributed by atoms with Gasteiger partial charge in [-0.2, -0.15) is 0 Å². The van der Waals surface area contributed by atoms with E-state index in [1.54, 1.807) is 0 Å². The van der Waals surface area contributed by atoms with Gasteiger partial charge in [0.1, 0.15) is 44.7 Å². The molecule has 13 nitrogen and oxygen atoms in total. The van der Waals surface area contributed by atoms with Gasteiger partial charge in [0.25, 0.3) is 0 Å². The largest absolute Gasteiger partial charge is 0.456 e. The minimum atomic E-state index is 0.513. The lowest BCUT2D eigenvalue weighted by atomic mass is 9.90. The van der Waals surface area contributed by atoms with Crippen molar-refractivity contribution < 1.29 is 17.7 Å². The molecule has 0 fully saturated rings. The van der Waals surface area contributed by atoms with Crippen molar-refractivity contribution >= 4 is 282 Å². The van der Waals surface area contributed by atoms with Crippen LogP contribution in [0.5, 0.6) is 0 Å². The van der Waals surface area contributed by atoms with Crippen LogP contribution in [-0.2, 0) is 0 Å². The minimum Gasteiger partial charge on any atom is -0.456 e. The van der Waals surface area contributed by atoms with E-state index in [2.05, 4.69) is 414 Å². The molecule has 0 bridgehead atoms. The molecule has 0 unspecified atom stereocenters. The average molecular weight is 1880 g/mol. The van der Waals surface area contributed by atoms with E-state index in [0.717, 1.165) is 285 Å². The number of thiophene rings is 1. The number of aromatic nitrogens is 9. The maximum absolute atomic E-state index is 7.21. The zero-order valence-corrected chi connectivity index (χ0v) is 78.1. The molecule has 0 saturated heterocycles. The van der Waals surface area contributed by atoms with E-state index < -0.39 is 0 Å². The summed E-state index contributed by atoms with van der Waals surface area (Å²) < 4.78 is 37.6. The molecule has 24 aromatic carbocycles. The Bertz CT molecular complexity index is 12100. The first-order chi connectivity index (χ1) is 72.4. The molecule has 11 heterocycles. The first-order valence-corrected chi connectivity index (χ1v) is 50.2. The topological polar surface area (TPSA) is 145 Å². The van der Waals surface area contributed by atoms with Gasteiger partial charge in [-0.15, -0.1) is 11.3 Å². The molecular formula is C132H67N9O4S. The maximum Gasteiger partial charge on any atom is 0.235 e. The average Bonchev–Trinajstić information content (AvgIpc) is 1.55. The highest BCUT2D eigenvalue weighted by Crippen LogP contribution is 2.56. The highest BCUT2D eigenvalue weighted by molar-refractivity contribution is 7.26. The number of nitrogens with zero attached hydrogens (tertiary/aromatic N) is 9. The van der Waals surface area contributed by atoms with Crippen molar-refractivity contribution in [1.29, 1.82) is 0 Å². The van der Waals surface area contributed by atoms with E-state index in [1.165, 1.54) is 52.5 Å². The predicted molar refractivity (Wildman–Crippen MR) is 602 cm³/mol. The van der Waals surface area contributed by atoms with E-state index in [0.29, 0.717) is 17.7 Å². The molecular weight excluding hydrogens is 1810 g/mol. The number of benzene rings is 21. The lowest BCUT2D eigenvalue weighted by molar-refractivity contribution is 0.669. The highest BCUT2D eigenvalue weighted by atomic mass is 32.1. The molecule has 0 saturated carbocycles. The molecule has 35 aromatic rings. The van der Waals surface area contributed by atoms with Crippen LogP contribution in [0.2, 0.25) is 0 Å². The van der Waals surface area contributed by atoms with Gasteiger partial charge in [-0.3, -0.25) is 9.13 Å². The van der Waals surface area contributed by atoms with Crippen LogP contribution in [0.3, 0.4) is 0 Å². The monoisotopic (exact) mass is 1870 g/mol. The Morgan fingerprint density at radius 3 is 1.28 bits per heavy atom. The molecule has 0 aliphatic carbocycles. The van der Waals surface area contributed by atoms with Gasteiger partial charge in [0, 0.05) is 145 Å². The molecule has 11 aromatic heterocycles. The Kier molecular flexibility index (Phi) is 14.9. The smallest absolute Gasteiger partial charge is 0.235 e. The fourth-order valence-electron chi connectivity index (χ4n) is 25.7. The SMILES string of the molecule is c1ccc(-c2nc(-c3ccc(-c4ccc5c(c4)c4cccc6oc7ccc8c(c7c64)c4c5cccc4n8-c4nc(-c5cccc6c5oc5ccccc56)c5cc(-c6ccc7oc8ccc9c%10c8c7c6c6ccccc6c6cccc(c6%10)n9-c6nc(-c7cccc8c7sc7ccccc78)c7ccccc7n6)ccc5n4)cc3)nc3ccc(-n4c5cccc6c7ccccc7c7cccc8oc9ccc4c(c9c87)c65)cc23)cc1. The Labute approximate surface area is 828 Å². The third-order valence-corrected chi connectivity index (χ3v) is 33.0. The van der Waals surface area contributed by atoms with Gasteiger partial charge < -0.3 is 22.2 Å². The summed E-state index contributed by atoms with van der Waals surface area (Å²) in [4.78, 5) is 34.2. The summed E-state index contributed by atoms with van der Waals surface area (Å²) in [5.74, 6) is 1.74. The summed E-state index contributed by atoms with van der Waals surface area (Å²) >= 11 is 1.82. The fraction of sp³-hybridized carbons (Fsp3) is 0. The zero-order valence-electron chi connectivity index (χ0n) is 77.2. The Morgan fingerprint density at radius 2 is 0.610 bits per heavy atom. The van der Waals surface area contributed by atoms with Crippen LogP contribution in [-0.4, -0.2) is 43.6 Å². The molecule has 0 atom stereocenters. The van der Waals surface area contributed by atoms with Crippen LogP contribution in [0.1, 0.15) is 0 Å². The number of fused-ring (bicyclic) bond motifs is 18. The van der Waals surface area contributed by atoms with Gasteiger partial charge >= 0.3 is 0 Å². The van der Waals surface area contributed by atoms with Crippen LogP contribution < -0.4 is 0 Å². The van der Waals surface area contributed by atoms with Crippen molar-refractivity contribution in [2.45, 2.75) is 0 Å². The molecule has 0 amide bonds. The maximum atomic E-state index is 7.21. The summed E-state index contributed by atoms with van der Waals surface area (Å²) in [5, 5.41) is 33.9. The molecule has 35 rings (SSSR count). The van der Waals surface area contributed by atoms with Crippen molar-refractivity contribution in [2.24, 2.45) is 0 Å². The summed E-state index contributed by atoms with van der Waals surface area (Å²) in [6.07, 6.45) is 0. The second-order valence-corrected chi connectivity index (χ2v) is 40.1. The Balaban J connectivity index is 0.522. The molecule has 0 spiro atoms. The van der Waals surface area contributed by atoms with Gasteiger partial charge in [-0.1, -0.05) is 273 Å². The first-order valence-electron chi connectivity index (χ1n) is 49.4. The van der Waals surface area contributed by atoms with Crippen molar-refractivity contribution in [1.82, 2.24) is 43.6 Å². The summed E-state index contributed by atoms with van der Waals surface area (Å²) in [6.45, 7) is 0. The quantitative estimate of drug-likeness (QED) is 0.137. The minimum absolute atomic E-state index is 0.513. The van der Waals surface area contributed by atoms with Crippen LogP contribution in [0.4, 0.5) is 0 Å². The van der Waals surface area contributed by atoms with E-state index in [-0.39, 0.29) is 0 Å². The second-order valence-electron chi connectivity index (χ2n) is 39.1. The van der Waals surface area contributed by atoms with Crippen molar-refractivity contribution in [2.75, 3.05) is 0 Å². The Hall–Kier alpha value is -19.5. The molecule has 14 heteroatoms. The molecule has 0 N–H and O–H groups in total. The van der Waals surface area contributed by atoms with E-state index in [4.69, 9.17) is 47.6 Å². The van der Waals surface area contributed by atoms with Crippen LogP contribution in [0.15, 0.2) is 424 Å². The Morgan fingerprint density at radius 1 is 0.185 bits per heavy atom. The highest BCUT2D eigenvalue weighted by Gasteiger charge is 2.33. The molecule has 0 aliphatic rings. The normalized spacial score (nSPS) is 12.7. The van der Waals surface area contributed by atoms with Crippen molar-refractivity contribution in [3.05, 3.63) is 406 Å². The standard InChI is InChI=1S/C132H67N9O4S/c1-2-21-69(22-3-1)125-94-67-73(139-98-40-16-30-82-75-23-4-5-24-76(75)85-33-19-44-105-116(85)122-108(142-105)62-58-101(139)118(122)113(82)98)53-57-96(94)133-130(136-125)70-49-47-68(48-50-70)71-51-54-78-84-32-18-42-100-115(84)119-102(59-63-109-123(119)117-86(92(78)65-71)34-20-45-106(117)143-109)140(100)132-135-97-56-52-72(66-93(97)127(138-132)90-37-14-35-87-79-26-9-12-43-104(79)145-128(87)90)74-55-61-107-121-112(74)81-28-7-6-25-77(81)83-31-17-41-99-114(83)120-103(60-64-110(144-107)124(120)121)141(99)131-134-95-39-11-8-29-89(95)126(137-131)91-38-15-36-88-80-27-10-13-46-111(80)146-129(88)91/h1-67H. The van der Waals surface area contributed by atoms with E-state index >= 15 is 0 Å².